The van der Waals surface area contributed by atoms with Gasteiger partial charge in [-0.15, -0.1) is 0 Å². The summed E-state index contributed by atoms with van der Waals surface area (Å²) in [6.45, 7) is 9.85. The number of piperidine rings is 1. The highest BCUT2D eigenvalue weighted by molar-refractivity contribution is 5.82. The van der Waals surface area contributed by atoms with Crippen LogP contribution >= 0.6 is 0 Å². The van der Waals surface area contributed by atoms with Crippen LogP contribution in [0.2, 0.25) is 0 Å². The van der Waals surface area contributed by atoms with Gasteiger partial charge in [0.15, 0.2) is 0 Å². The molecule has 0 aliphatic carbocycles. The average Bonchev–Trinajstić information content (AvgIpc) is 2.76. The van der Waals surface area contributed by atoms with Crippen LogP contribution in [0.25, 0.3) is 5.57 Å². The Morgan fingerprint density at radius 2 is 1.63 bits per heavy atom. The molecular weight excluding hydrogens is 380 g/mol. The monoisotopic (exact) mass is 416 g/mol. The minimum absolute atomic E-state index is 0.111. The van der Waals surface area contributed by atoms with Gasteiger partial charge in [0.25, 0.3) is 0 Å². The van der Waals surface area contributed by atoms with Crippen molar-refractivity contribution in [3.8, 4) is 17.2 Å². The lowest BCUT2D eigenvalue weighted by molar-refractivity contribution is -0.139. The molecule has 6 nitrogen and oxygen atoms in total. The quantitative estimate of drug-likeness (QED) is 0.708. The van der Waals surface area contributed by atoms with Gasteiger partial charge in [-0.25, -0.2) is 0 Å². The fourth-order valence-electron chi connectivity index (χ4n) is 4.85. The molecule has 2 aliphatic rings. The molecule has 0 saturated carbocycles. The molecule has 0 bridgehead atoms. The molecule has 0 N–H and O–H groups in total. The highest BCUT2D eigenvalue weighted by atomic mass is 16.5. The Balaban J connectivity index is 1.74. The Hall–Kier alpha value is -2.21. The molecule has 2 heterocycles. The number of methoxy groups -OCH3 is 3. The molecule has 0 spiro atoms. The van der Waals surface area contributed by atoms with E-state index in [1.807, 2.05) is 19.1 Å². The molecule has 0 aromatic heterocycles. The van der Waals surface area contributed by atoms with E-state index in [0.717, 1.165) is 49.7 Å². The van der Waals surface area contributed by atoms with Crippen molar-refractivity contribution < 1.29 is 19.0 Å². The molecule has 1 aromatic carbocycles. The largest absolute Gasteiger partial charge is 0.496 e. The highest BCUT2D eigenvalue weighted by Crippen LogP contribution is 2.41. The van der Waals surface area contributed by atoms with E-state index < -0.39 is 0 Å². The third kappa shape index (κ3) is 4.75. The first-order valence-electron chi connectivity index (χ1n) is 10.9. The van der Waals surface area contributed by atoms with E-state index in [-0.39, 0.29) is 11.9 Å². The minimum atomic E-state index is -0.111. The molecule has 3 rings (SSSR count). The smallest absolute Gasteiger partial charge is 0.239 e. The third-order valence-corrected chi connectivity index (χ3v) is 6.36. The van der Waals surface area contributed by atoms with Crippen molar-refractivity contribution in [2.24, 2.45) is 11.8 Å². The zero-order valence-electron chi connectivity index (χ0n) is 19.2. The Morgan fingerprint density at radius 1 is 1.03 bits per heavy atom. The number of benzene rings is 1. The Bertz CT molecular complexity index is 756. The van der Waals surface area contributed by atoms with Crippen LogP contribution in [0, 0.1) is 11.8 Å². The molecule has 2 aliphatic heterocycles. The number of ether oxygens (including phenoxy) is 3. The van der Waals surface area contributed by atoms with Crippen LogP contribution in [0.1, 0.15) is 39.2 Å². The van der Waals surface area contributed by atoms with Crippen molar-refractivity contribution >= 4 is 11.5 Å². The first-order chi connectivity index (χ1) is 14.4. The minimum Gasteiger partial charge on any atom is -0.496 e. The van der Waals surface area contributed by atoms with Gasteiger partial charge in [0.05, 0.1) is 32.9 Å². The zero-order chi connectivity index (χ0) is 21.8. The summed E-state index contributed by atoms with van der Waals surface area (Å²) in [6.07, 6.45) is 4.24. The standard InChI is InChI=1S/C24H36N2O4/c1-16-11-17(2)15-26(14-16)24(27)18(3)25-9-7-19(8-10-25)23-21(29-5)12-20(28-4)13-22(23)30-6/h7,12-13,16-18H,8-11,14-15H2,1-6H3/t16-,17+,18-/m0/s1. The molecule has 166 valence electrons. The highest BCUT2D eigenvalue weighted by Gasteiger charge is 2.32. The summed E-state index contributed by atoms with van der Waals surface area (Å²) in [7, 11) is 4.96. The van der Waals surface area contributed by atoms with Gasteiger partial charge < -0.3 is 19.1 Å². The summed E-state index contributed by atoms with van der Waals surface area (Å²) in [5, 5.41) is 0. The second kappa shape index (κ2) is 9.73. The van der Waals surface area contributed by atoms with Crippen LogP contribution < -0.4 is 14.2 Å². The summed E-state index contributed by atoms with van der Waals surface area (Å²) in [5.41, 5.74) is 2.15. The van der Waals surface area contributed by atoms with Crippen molar-refractivity contribution in [2.45, 2.75) is 39.7 Å². The van der Waals surface area contributed by atoms with Crippen LogP contribution in [-0.2, 0) is 4.79 Å². The second-order valence-electron chi connectivity index (χ2n) is 8.75. The maximum absolute atomic E-state index is 13.1. The molecule has 1 fully saturated rings. The molecule has 0 unspecified atom stereocenters. The molecular formula is C24H36N2O4. The van der Waals surface area contributed by atoms with Gasteiger partial charge in [-0.05, 0) is 37.2 Å². The second-order valence-corrected chi connectivity index (χ2v) is 8.75. The van der Waals surface area contributed by atoms with Gasteiger partial charge in [0.2, 0.25) is 5.91 Å². The van der Waals surface area contributed by atoms with Crippen molar-refractivity contribution in [3.63, 3.8) is 0 Å². The van der Waals surface area contributed by atoms with Crippen molar-refractivity contribution in [3.05, 3.63) is 23.8 Å². The van der Waals surface area contributed by atoms with Crippen LogP contribution in [0.3, 0.4) is 0 Å². The maximum atomic E-state index is 13.1. The van der Waals surface area contributed by atoms with E-state index in [1.165, 1.54) is 12.0 Å². The number of hydrogen-bond acceptors (Lipinski definition) is 5. The Labute approximate surface area is 180 Å². The summed E-state index contributed by atoms with van der Waals surface area (Å²) in [5.74, 6) is 3.60. The molecule has 0 radical (unpaired) electrons. The molecule has 3 atom stereocenters. The van der Waals surface area contributed by atoms with E-state index in [0.29, 0.717) is 17.6 Å². The number of rotatable bonds is 6. The number of amides is 1. The van der Waals surface area contributed by atoms with E-state index in [1.54, 1.807) is 21.3 Å². The summed E-state index contributed by atoms with van der Waals surface area (Å²) >= 11 is 0. The maximum Gasteiger partial charge on any atom is 0.239 e. The Kier molecular flexibility index (Phi) is 7.29. The molecule has 1 amide bonds. The first kappa shape index (κ1) is 22.5. The number of nitrogens with zero attached hydrogens (tertiary/aromatic N) is 2. The number of carbonyl (C=O) groups is 1. The summed E-state index contributed by atoms with van der Waals surface area (Å²) < 4.78 is 16.6. The number of carbonyl (C=O) groups excluding carboxylic acids is 1. The van der Waals surface area contributed by atoms with Crippen LogP contribution in [-0.4, -0.2) is 69.3 Å². The van der Waals surface area contributed by atoms with Crippen molar-refractivity contribution in [1.82, 2.24) is 9.80 Å². The summed E-state index contributed by atoms with van der Waals surface area (Å²) in [4.78, 5) is 17.5. The van der Waals surface area contributed by atoms with E-state index in [4.69, 9.17) is 14.2 Å². The lowest BCUT2D eigenvalue weighted by Gasteiger charge is -2.39. The third-order valence-electron chi connectivity index (χ3n) is 6.36. The van der Waals surface area contributed by atoms with Crippen LogP contribution in [0.4, 0.5) is 0 Å². The van der Waals surface area contributed by atoms with E-state index in [9.17, 15) is 4.79 Å². The van der Waals surface area contributed by atoms with Gasteiger partial charge in [0.1, 0.15) is 17.2 Å². The summed E-state index contributed by atoms with van der Waals surface area (Å²) in [6, 6.07) is 3.66. The molecule has 1 aromatic rings. The van der Waals surface area contributed by atoms with E-state index >= 15 is 0 Å². The lowest BCUT2D eigenvalue weighted by atomic mass is 9.91. The molecule has 6 heteroatoms. The SMILES string of the molecule is COc1cc(OC)c(C2=CCN([C@@H](C)C(=O)N3C[C@H](C)C[C@H](C)C3)CC2)c(OC)c1. The topological polar surface area (TPSA) is 51.2 Å². The fourth-order valence-corrected chi connectivity index (χ4v) is 4.85. The van der Waals surface area contributed by atoms with Crippen molar-refractivity contribution in [2.75, 3.05) is 47.5 Å². The molecule has 30 heavy (non-hydrogen) atoms. The molecule has 1 saturated heterocycles. The van der Waals surface area contributed by atoms with E-state index in [2.05, 4.69) is 29.7 Å². The predicted octanol–water partition coefficient (Wildman–Crippen LogP) is 3.69. The Morgan fingerprint density at radius 3 is 2.10 bits per heavy atom. The number of hydrogen-bond donors (Lipinski definition) is 0. The van der Waals surface area contributed by atoms with Gasteiger partial charge in [-0.2, -0.15) is 0 Å². The van der Waals surface area contributed by atoms with Gasteiger partial charge in [-0.1, -0.05) is 19.9 Å². The number of likely N-dealkylation sites (tertiary alicyclic amines) is 1. The van der Waals surface area contributed by atoms with Crippen molar-refractivity contribution in [1.29, 1.82) is 0 Å². The fraction of sp³-hybridized carbons (Fsp3) is 0.625. The lowest BCUT2D eigenvalue weighted by Crippen LogP contribution is -2.52. The van der Waals surface area contributed by atoms with Gasteiger partial charge in [-0.3, -0.25) is 9.69 Å². The van der Waals surface area contributed by atoms with Crippen LogP contribution in [0.5, 0.6) is 17.2 Å². The normalized spacial score (nSPS) is 23.5. The first-order valence-corrected chi connectivity index (χ1v) is 10.9. The van der Waals surface area contributed by atoms with Gasteiger partial charge in [0, 0.05) is 38.3 Å². The predicted molar refractivity (Wildman–Crippen MR) is 119 cm³/mol. The average molecular weight is 417 g/mol. The zero-order valence-corrected chi connectivity index (χ0v) is 19.2. The van der Waals surface area contributed by atoms with Crippen LogP contribution in [0.15, 0.2) is 18.2 Å². The van der Waals surface area contributed by atoms with Gasteiger partial charge >= 0.3 is 0 Å².